The molecule has 2 heterocycles. The molecule has 1 aliphatic rings. The third-order valence-corrected chi connectivity index (χ3v) is 4.31. The molecule has 2 aromatic heterocycles. The van der Waals surface area contributed by atoms with Crippen molar-refractivity contribution in [3.63, 3.8) is 0 Å². The Morgan fingerprint density at radius 3 is 2.35 bits per heavy atom. The molecule has 0 aliphatic heterocycles. The topological polar surface area (TPSA) is 63.6 Å². The van der Waals surface area contributed by atoms with Gasteiger partial charge in [0.2, 0.25) is 0 Å². The lowest BCUT2D eigenvalue weighted by Crippen LogP contribution is -2.35. The standard InChI is InChI=1S/C16H18O4/c1-10(17)15-14(13-6-4-8-20-13)11(9-16(15,2)18)12-5-3-7-19-12/h3-8,11,14-15,18H,9H2,1-2H3/t11-,14+,15+,16-/m1/s1. The number of hydrogen-bond acceptors (Lipinski definition) is 4. The van der Waals surface area contributed by atoms with Crippen molar-refractivity contribution in [1.29, 1.82) is 0 Å². The summed E-state index contributed by atoms with van der Waals surface area (Å²) in [5, 5.41) is 10.7. The molecule has 0 amide bonds. The molecule has 1 N–H and O–H groups in total. The van der Waals surface area contributed by atoms with Crippen molar-refractivity contribution < 1.29 is 18.7 Å². The number of carbonyl (C=O) groups is 1. The number of Topliss-reactive ketones (excluding diaryl/α,β-unsaturated/α-hetero) is 1. The summed E-state index contributed by atoms with van der Waals surface area (Å²) in [5.41, 5.74) is -1.05. The van der Waals surface area contributed by atoms with E-state index in [1.165, 1.54) is 6.92 Å². The average molecular weight is 274 g/mol. The zero-order valence-corrected chi connectivity index (χ0v) is 11.6. The van der Waals surface area contributed by atoms with E-state index in [2.05, 4.69) is 0 Å². The molecule has 2 aromatic rings. The maximum Gasteiger partial charge on any atom is 0.136 e. The molecule has 4 atom stereocenters. The van der Waals surface area contributed by atoms with Gasteiger partial charge in [0.15, 0.2) is 0 Å². The molecule has 0 saturated heterocycles. The summed E-state index contributed by atoms with van der Waals surface area (Å²) in [6, 6.07) is 7.38. The lowest BCUT2D eigenvalue weighted by Gasteiger charge is -2.26. The molecule has 3 rings (SSSR count). The minimum absolute atomic E-state index is 0.0227. The Labute approximate surface area is 117 Å². The second-order valence-corrected chi connectivity index (χ2v) is 5.81. The van der Waals surface area contributed by atoms with E-state index in [-0.39, 0.29) is 17.6 Å². The predicted molar refractivity (Wildman–Crippen MR) is 72.3 cm³/mol. The van der Waals surface area contributed by atoms with E-state index in [1.54, 1.807) is 25.5 Å². The summed E-state index contributed by atoms with van der Waals surface area (Å²) in [6.07, 6.45) is 3.69. The van der Waals surface area contributed by atoms with Gasteiger partial charge >= 0.3 is 0 Å². The van der Waals surface area contributed by atoms with Crippen molar-refractivity contribution in [3.05, 3.63) is 48.3 Å². The van der Waals surface area contributed by atoms with Crippen LogP contribution in [0.5, 0.6) is 0 Å². The van der Waals surface area contributed by atoms with Crippen LogP contribution in [0.3, 0.4) is 0 Å². The second-order valence-electron chi connectivity index (χ2n) is 5.81. The van der Waals surface area contributed by atoms with Gasteiger partial charge in [-0.3, -0.25) is 4.79 Å². The molecular formula is C16H18O4. The van der Waals surface area contributed by atoms with Crippen LogP contribution in [-0.2, 0) is 4.79 Å². The second kappa shape index (κ2) is 4.63. The molecule has 20 heavy (non-hydrogen) atoms. The smallest absolute Gasteiger partial charge is 0.136 e. The third-order valence-electron chi connectivity index (χ3n) is 4.31. The van der Waals surface area contributed by atoms with Crippen molar-refractivity contribution >= 4 is 5.78 Å². The Hall–Kier alpha value is -1.81. The molecule has 106 valence electrons. The lowest BCUT2D eigenvalue weighted by molar-refractivity contribution is -0.127. The Morgan fingerprint density at radius 2 is 1.85 bits per heavy atom. The lowest BCUT2D eigenvalue weighted by atomic mass is 9.81. The van der Waals surface area contributed by atoms with Crippen LogP contribution in [0, 0.1) is 5.92 Å². The van der Waals surface area contributed by atoms with Gasteiger partial charge in [0, 0.05) is 11.8 Å². The van der Waals surface area contributed by atoms with Crippen molar-refractivity contribution in [3.8, 4) is 0 Å². The maximum absolute atomic E-state index is 12.1. The van der Waals surface area contributed by atoms with Gasteiger partial charge in [0.25, 0.3) is 0 Å². The van der Waals surface area contributed by atoms with Gasteiger partial charge in [0.05, 0.1) is 24.0 Å². The van der Waals surface area contributed by atoms with Crippen LogP contribution >= 0.6 is 0 Å². The van der Waals surface area contributed by atoms with Gasteiger partial charge < -0.3 is 13.9 Å². The number of carbonyl (C=O) groups excluding carboxylic acids is 1. The number of aliphatic hydroxyl groups is 1. The molecule has 4 heteroatoms. The van der Waals surface area contributed by atoms with Crippen molar-refractivity contribution in [2.75, 3.05) is 0 Å². The SMILES string of the molecule is CC(=O)[C@H]1[C@H](c2ccco2)[C@@H](c2ccco2)C[C@@]1(C)O. The third kappa shape index (κ3) is 2.00. The molecule has 0 unspecified atom stereocenters. The zero-order valence-electron chi connectivity index (χ0n) is 11.6. The molecule has 0 aromatic carbocycles. The molecule has 1 saturated carbocycles. The van der Waals surface area contributed by atoms with Crippen LogP contribution in [-0.4, -0.2) is 16.5 Å². The van der Waals surface area contributed by atoms with Gasteiger partial charge in [-0.2, -0.15) is 0 Å². The molecule has 0 spiro atoms. The van der Waals surface area contributed by atoms with Gasteiger partial charge in [-0.15, -0.1) is 0 Å². The van der Waals surface area contributed by atoms with Crippen LogP contribution < -0.4 is 0 Å². The summed E-state index contributed by atoms with van der Waals surface area (Å²) >= 11 is 0. The quantitative estimate of drug-likeness (QED) is 0.934. The van der Waals surface area contributed by atoms with Crippen LogP contribution in [0.2, 0.25) is 0 Å². The monoisotopic (exact) mass is 274 g/mol. The zero-order chi connectivity index (χ0) is 14.3. The summed E-state index contributed by atoms with van der Waals surface area (Å²) in [6.45, 7) is 3.25. The summed E-state index contributed by atoms with van der Waals surface area (Å²) in [7, 11) is 0. The Bertz CT molecular complexity index is 580. The number of furan rings is 2. The molecule has 0 radical (unpaired) electrons. The number of hydrogen-bond donors (Lipinski definition) is 1. The average Bonchev–Trinajstić information content (AvgIpc) is 3.05. The fraction of sp³-hybridized carbons (Fsp3) is 0.438. The van der Waals surface area contributed by atoms with E-state index in [0.29, 0.717) is 6.42 Å². The summed E-state index contributed by atoms with van der Waals surface area (Å²) in [5.74, 6) is 0.762. The van der Waals surface area contributed by atoms with E-state index in [9.17, 15) is 9.90 Å². The van der Waals surface area contributed by atoms with Gasteiger partial charge in [-0.1, -0.05) is 0 Å². The van der Waals surface area contributed by atoms with Crippen molar-refractivity contribution in [2.45, 2.75) is 37.7 Å². The summed E-state index contributed by atoms with van der Waals surface area (Å²) in [4.78, 5) is 12.1. The van der Waals surface area contributed by atoms with Gasteiger partial charge in [-0.25, -0.2) is 0 Å². The minimum atomic E-state index is -1.05. The first kappa shape index (κ1) is 13.2. The highest BCUT2D eigenvalue weighted by Gasteiger charge is 2.54. The largest absolute Gasteiger partial charge is 0.469 e. The first-order chi connectivity index (χ1) is 9.50. The highest BCUT2D eigenvalue weighted by atomic mass is 16.3. The molecule has 0 bridgehead atoms. The Morgan fingerprint density at radius 1 is 1.25 bits per heavy atom. The maximum atomic E-state index is 12.1. The van der Waals surface area contributed by atoms with Crippen LogP contribution in [0.25, 0.3) is 0 Å². The normalized spacial score (nSPS) is 33.5. The fourth-order valence-electron chi connectivity index (χ4n) is 3.63. The minimum Gasteiger partial charge on any atom is -0.469 e. The van der Waals surface area contributed by atoms with E-state index in [1.807, 2.05) is 18.2 Å². The van der Waals surface area contributed by atoms with E-state index < -0.39 is 11.5 Å². The van der Waals surface area contributed by atoms with E-state index in [0.717, 1.165) is 11.5 Å². The van der Waals surface area contributed by atoms with E-state index in [4.69, 9.17) is 8.83 Å². The Balaban J connectivity index is 2.08. The highest BCUT2D eigenvalue weighted by Crippen LogP contribution is 2.54. The van der Waals surface area contributed by atoms with Gasteiger partial charge in [-0.05, 0) is 44.5 Å². The molecule has 4 nitrogen and oxygen atoms in total. The van der Waals surface area contributed by atoms with E-state index >= 15 is 0 Å². The van der Waals surface area contributed by atoms with Crippen molar-refractivity contribution in [2.24, 2.45) is 5.92 Å². The van der Waals surface area contributed by atoms with Crippen LogP contribution in [0.15, 0.2) is 45.6 Å². The molecule has 1 fully saturated rings. The first-order valence-corrected chi connectivity index (χ1v) is 6.80. The molecule has 1 aliphatic carbocycles. The number of rotatable bonds is 3. The number of ketones is 1. The van der Waals surface area contributed by atoms with Gasteiger partial charge in [0.1, 0.15) is 17.3 Å². The molecular weight excluding hydrogens is 256 g/mol. The van der Waals surface area contributed by atoms with Crippen molar-refractivity contribution in [1.82, 2.24) is 0 Å². The summed E-state index contributed by atoms with van der Waals surface area (Å²) < 4.78 is 11.0. The first-order valence-electron chi connectivity index (χ1n) is 6.80. The highest BCUT2D eigenvalue weighted by molar-refractivity contribution is 5.81. The van der Waals surface area contributed by atoms with Crippen LogP contribution in [0.4, 0.5) is 0 Å². The fourth-order valence-corrected chi connectivity index (χ4v) is 3.63. The van der Waals surface area contributed by atoms with Crippen LogP contribution in [0.1, 0.15) is 43.6 Å². The predicted octanol–water partition coefficient (Wildman–Crippen LogP) is 3.10. The Kier molecular flexibility index (Phi) is 3.05.